The van der Waals surface area contributed by atoms with Crippen LogP contribution < -0.4 is 10.5 Å². The fraction of sp³-hybridized carbons (Fsp3) is 0.400. The van der Waals surface area contributed by atoms with Crippen LogP contribution in [0.25, 0.3) is 0 Å². The van der Waals surface area contributed by atoms with Crippen LogP contribution in [0, 0.1) is 17.5 Å². The Labute approximate surface area is 103 Å². The first kappa shape index (κ1) is 14.9. The predicted octanol–water partition coefficient (Wildman–Crippen LogP) is 1.12. The molecular weight excluding hydrogens is 269 g/mol. The quantitative estimate of drug-likeness (QED) is 0.869. The maximum atomic E-state index is 13.4. The summed E-state index contributed by atoms with van der Waals surface area (Å²) < 4.78 is 65.0. The smallest absolute Gasteiger partial charge is 0.246 e. The number of hydrogen-bond acceptors (Lipinski definition) is 3. The fourth-order valence-electron chi connectivity index (χ4n) is 1.24. The molecule has 0 bridgehead atoms. The molecule has 1 aromatic carbocycles. The normalized spacial score (nSPS) is 12.8. The van der Waals surface area contributed by atoms with Crippen LogP contribution >= 0.6 is 0 Å². The monoisotopic (exact) mass is 282 g/mol. The number of rotatable bonds is 4. The SMILES string of the molecule is CC(C)(CN)NS(=O)(=O)c1c(F)cc(F)cc1F. The molecule has 4 nitrogen and oxygen atoms in total. The summed E-state index contributed by atoms with van der Waals surface area (Å²) in [5, 5.41) is 0. The van der Waals surface area contributed by atoms with Gasteiger partial charge in [-0.05, 0) is 13.8 Å². The van der Waals surface area contributed by atoms with Crippen LogP contribution in [-0.4, -0.2) is 20.5 Å². The van der Waals surface area contributed by atoms with E-state index in [0.717, 1.165) is 0 Å². The predicted molar refractivity (Wildman–Crippen MR) is 59.8 cm³/mol. The Kier molecular flexibility index (Phi) is 4.04. The van der Waals surface area contributed by atoms with Crippen molar-refractivity contribution in [3.05, 3.63) is 29.6 Å². The minimum atomic E-state index is -4.45. The Balaban J connectivity index is 3.30. The lowest BCUT2D eigenvalue weighted by Crippen LogP contribution is -2.49. The van der Waals surface area contributed by atoms with Gasteiger partial charge in [-0.25, -0.2) is 26.3 Å². The minimum Gasteiger partial charge on any atom is -0.329 e. The first-order valence-electron chi connectivity index (χ1n) is 4.98. The van der Waals surface area contributed by atoms with Crippen LogP contribution in [0.5, 0.6) is 0 Å². The highest BCUT2D eigenvalue weighted by atomic mass is 32.2. The van der Waals surface area contributed by atoms with E-state index < -0.39 is 37.9 Å². The van der Waals surface area contributed by atoms with Crippen molar-refractivity contribution in [2.75, 3.05) is 6.54 Å². The van der Waals surface area contributed by atoms with Crippen molar-refractivity contribution < 1.29 is 21.6 Å². The van der Waals surface area contributed by atoms with Crippen molar-refractivity contribution >= 4 is 10.0 Å². The van der Waals surface area contributed by atoms with Gasteiger partial charge in [0, 0.05) is 24.2 Å². The standard InChI is InChI=1S/C10H13F3N2O2S/c1-10(2,5-14)15-18(16,17)9-7(12)3-6(11)4-8(9)13/h3-4,15H,5,14H2,1-2H3. The Morgan fingerprint density at radius 3 is 2.06 bits per heavy atom. The van der Waals surface area contributed by atoms with Gasteiger partial charge >= 0.3 is 0 Å². The van der Waals surface area contributed by atoms with Gasteiger partial charge in [-0.1, -0.05) is 0 Å². The molecule has 0 spiro atoms. The second kappa shape index (κ2) is 4.87. The van der Waals surface area contributed by atoms with Crippen LogP contribution in [0.4, 0.5) is 13.2 Å². The lowest BCUT2D eigenvalue weighted by atomic mass is 10.1. The van der Waals surface area contributed by atoms with Crippen LogP contribution in [0.3, 0.4) is 0 Å². The Bertz CT molecular complexity index is 535. The van der Waals surface area contributed by atoms with Gasteiger partial charge in [0.1, 0.15) is 17.5 Å². The Hall–Kier alpha value is -1.12. The van der Waals surface area contributed by atoms with E-state index in [-0.39, 0.29) is 6.54 Å². The van der Waals surface area contributed by atoms with E-state index in [1.807, 2.05) is 4.72 Å². The average molecular weight is 282 g/mol. The minimum absolute atomic E-state index is 0.0728. The molecule has 0 radical (unpaired) electrons. The second-order valence-corrected chi connectivity index (χ2v) is 6.01. The number of sulfonamides is 1. The number of nitrogens with two attached hydrogens (primary N) is 1. The first-order chi connectivity index (χ1) is 8.09. The third-order valence-electron chi connectivity index (χ3n) is 2.15. The molecular formula is C10H13F3N2O2S. The molecule has 102 valence electrons. The summed E-state index contributed by atoms with van der Waals surface area (Å²) in [7, 11) is -4.45. The zero-order chi connectivity index (χ0) is 14.1. The summed E-state index contributed by atoms with van der Waals surface area (Å²) in [6.07, 6.45) is 0. The molecule has 0 saturated carbocycles. The second-order valence-electron chi connectivity index (χ2n) is 4.39. The van der Waals surface area contributed by atoms with Gasteiger partial charge in [0.2, 0.25) is 10.0 Å². The summed E-state index contributed by atoms with van der Waals surface area (Å²) in [6.45, 7) is 2.82. The molecule has 1 rings (SSSR count). The van der Waals surface area contributed by atoms with E-state index in [0.29, 0.717) is 12.1 Å². The highest BCUT2D eigenvalue weighted by Crippen LogP contribution is 2.21. The Morgan fingerprint density at radius 1 is 1.22 bits per heavy atom. The van der Waals surface area contributed by atoms with Crippen molar-refractivity contribution in [1.29, 1.82) is 0 Å². The molecule has 3 N–H and O–H groups in total. The third kappa shape index (κ3) is 3.21. The summed E-state index contributed by atoms with van der Waals surface area (Å²) in [6, 6.07) is 0.597. The molecule has 1 aromatic rings. The van der Waals surface area contributed by atoms with Gasteiger partial charge in [0.05, 0.1) is 0 Å². The van der Waals surface area contributed by atoms with E-state index in [4.69, 9.17) is 5.73 Å². The molecule has 18 heavy (non-hydrogen) atoms. The zero-order valence-electron chi connectivity index (χ0n) is 9.80. The molecule has 8 heteroatoms. The lowest BCUT2D eigenvalue weighted by molar-refractivity contribution is 0.450. The number of benzene rings is 1. The molecule has 0 aliphatic heterocycles. The van der Waals surface area contributed by atoms with E-state index in [2.05, 4.69) is 0 Å². The van der Waals surface area contributed by atoms with Crippen LogP contribution in [0.15, 0.2) is 17.0 Å². The van der Waals surface area contributed by atoms with Crippen molar-refractivity contribution in [3.63, 3.8) is 0 Å². The van der Waals surface area contributed by atoms with Gasteiger partial charge in [-0.2, -0.15) is 0 Å². The van der Waals surface area contributed by atoms with Crippen LogP contribution in [-0.2, 0) is 10.0 Å². The summed E-state index contributed by atoms with van der Waals surface area (Å²) in [4.78, 5) is -1.22. The largest absolute Gasteiger partial charge is 0.329 e. The molecule has 0 heterocycles. The third-order valence-corrected chi connectivity index (χ3v) is 3.90. The van der Waals surface area contributed by atoms with Crippen LogP contribution in [0.1, 0.15) is 13.8 Å². The molecule has 0 saturated heterocycles. The molecule has 0 fully saturated rings. The topological polar surface area (TPSA) is 72.2 Å². The first-order valence-corrected chi connectivity index (χ1v) is 6.46. The summed E-state index contributed by atoms with van der Waals surface area (Å²) >= 11 is 0. The Morgan fingerprint density at radius 2 is 1.67 bits per heavy atom. The number of hydrogen-bond donors (Lipinski definition) is 2. The van der Waals surface area contributed by atoms with Crippen LogP contribution in [0.2, 0.25) is 0 Å². The molecule has 0 aromatic heterocycles. The molecule has 0 aliphatic rings. The van der Waals surface area contributed by atoms with E-state index >= 15 is 0 Å². The maximum absolute atomic E-state index is 13.4. The van der Waals surface area contributed by atoms with E-state index in [1.54, 1.807) is 0 Å². The van der Waals surface area contributed by atoms with Crippen molar-refractivity contribution in [1.82, 2.24) is 4.72 Å². The van der Waals surface area contributed by atoms with Crippen molar-refractivity contribution in [2.45, 2.75) is 24.3 Å². The van der Waals surface area contributed by atoms with Gasteiger partial charge < -0.3 is 5.73 Å². The molecule has 0 amide bonds. The fourth-order valence-corrected chi connectivity index (χ4v) is 2.79. The average Bonchev–Trinajstić information content (AvgIpc) is 2.13. The lowest BCUT2D eigenvalue weighted by Gasteiger charge is -2.24. The van der Waals surface area contributed by atoms with Crippen molar-refractivity contribution in [2.24, 2.45) is 5.73 Å². The zero-order valence-corrected chi connectivity index (χ0v) is 10.6. The van der Waals surface area contributed by atoms with E-state index in [9.17, 15) is 21.6 Å². The van der Waals surface area contributed by atoms with E-state index in [1.165, 1.54) is 13.8 Å². The molecule has 0 unspecified atom stereocenters. The van der Waals surface area contributed by atoms with Gasteiger partial charge in [0.15, 0.2) is 4.90 Å². The highest BCUT2D eigenvalue weighted by molar-refractivity contribution is 7.89. The molecule has 0 atom stereocenters. The maximum Gasteiger partial charge on any atom is 0.246 e. The van der Waals surface area contributed by atoms with Gasteiger partial charge in [0.25, 0.3) is 0 Å². The highest BCUT2D eigenvalue weighted by Gasteiger charge is 2.30. The number of nitrogens with one attached hydrogen (secondary N) is 1. The summed E-state index contributed by atoms with van der Waals surface area (Å²) in [5.41, 5.74) is 4.24. The summed E-state index contributed by atoms with van der Waals surface area (Å²) in [5.74, 6) is -4.18. The number of halogens is 3. The van der Waals surface area contributed by atoms with Crippen molar-refractivity contribution in [3.8, 4) is 0 Å². The van der Waals surface area contributed by atoms with Gasteiger partial charge in [-0.3, -0.25) is 0 Å². The van der Waals surface area contributed by atoms with Gasteiger partial charge in [-0.15, -0.1) is 0 Å². The molecule has 0 aliphatic carbocycles.